The highest BCUT2D eigenvalue weighted by Crippen LogP contribution is 2.16. The molecule has 0 aliphatic heterocycles. The Morgan fingerprint density at radius 1 is 1.00 bits per heavy atom. The Morgan fingerprint density at radius 2 is 1.59 bits per heavy atom. The molecule has 27 heavy (non-hydrogen) atoms. The summed E-state index contributed by atoms with van der Waals surface area (Å²) in [4.78, 5) is 11.9. The minimum atomic E-state index is -4.32. The third-order valence-electron chi connectivity index (χ3n) is 3.46. The van der Waals surface area contributed by atoms with Gasteiger partial charge in [0.15, 0.2) is 0 Å². The Hall–Kier alpha value is -1.70. The van der Waals surface area contributed by atoms with Gasteiger partial charge in [-0.3, -0.25) is 4.79 Å². The van der Waals surface area contributed by atoms with Crippen molar-refractivity contribution in [3.63, 3.8) is 0 Å². The van der Waals surface area contributed by atoms with E-state index in [1.54, 1.807) is 24.3 Å². The van der Waals surface area contributed by atoms with E-state index in [1.165, 1.54) is 11.8 Å². The highest BCUT2D eigenvalue weighted by molar-refractivity contribution is 7.99. The molecule has 8 heteroatoms. The average Bonchev–Trinajstić information content (AvgIpc) is 2.62. The third-order valence-corrected chi connectivity index (χ3v) is 4.72. The van der Waals surface area contributed by atoms with Gasteiger partial charge in [-0.1, -0.05) is 48.0 Å². The van der Waals surface area contributed by atoms with Crippen molar-refractivity contribution in [1.29, 1.82) is 0 Å². The summed E-state index contributed by atoms with van der Waals surface area (Å²) in [7, 11) is 0. The number of hydrogen-bond acceptors (Lipinski definition) is 3. The number of thioether (sulfide) groups is 1. The standard InChI is InChI=1S/C19H19ClF3NO2S/c20-17-7-5-16(6-8-17)11-27-12-18(25)24-9-14-1-3-15(4-2-14)10-26-13-19(21,22)23/h1-8H,9-13H2,(H,24,25). The van der Waals surface area contributed by atoms with Crippen LogP contribution >= 0.6 is 23.4 Å². The van der Waals surface area contributed by atoms with Crippen molar-refractivity contribution in [3.8, 4) is 0 Å². The zero-order valence-corrected chi connectivity index (χ0v) is 16.0. The maximum Gasteiger partial charge on any atom is 0.411 e. The number of alkyl halides is 3. The summed E-state index contributed by atoms with van der Waals surface area (Å²) in [5.41, 5.74) is 2.61. The quantitative estimate of drug-likeness (QED) is 0.626. The van der Waals surface area contributed by atoms with Crippen LogP contribution in [0.4, 0.5) is 13.2 Å². The number of carbonyl (C=O) groups excluding carboxylic acids is 1. The lowest BCUT2D eigenvalue weighted by molar-refractivity contribution is -0.176. The molecule has 0 saturated carbocycles. The minimum absolute atomic E-state index is 0.0773. The summed E-state index contributed by atoms with van der Waals surface area (Å²) in [6.07, 6.45) is -4.32. The number of benzene rings is 2. The Labute approximate surface area is 165 Å². The van der Waals surface area contributed by atoms with Crippen molar-refractivity contribution >= 4 is 29.3 Å². The molecule has 1 N–H and O–H groups in total. The van der Waals surface area contributed by atoms with Gasteiger partial charge in [-0.05, 0) is 28.8 Å². The van der Waals surface area contributed by atoms with E-state index in [9.17, 15) is 18.0 Å². The molecule has 0 aromatic heterocycles. The molecule has 0 saturated heterocycles. The number of halogens is 4. The van der Waals surface area contributed by atoms with E-state index in [2.05, 4.69) is 10.1 Å². The molecule has 0 radical (unpaired) electrons. The molecule has 0 fully saturated rings. The van der Waals surface area contributed by atoms with Crippen molar-refractivity contribution in [2.45, 2.75) is 25.1 Å². The van der Waals surface area contributed by atoms with Crippen molar-refractivity contribution < 1.29 is 22.7 Å². The monoisotopic (exact) mass is 417 g/mol. The molecule has 3 nitrogen and oxygen atoms in total. The third kappa shape index (κ3) is 9.17. The number of hydrogen-bond donors (Lipinski definition) is 1. The lowest BCUT2D eigenvalue weighted by atomic mass is 10.1. The number of ether oxygens (including phenoxy) is 1. The van der Waals surface area contributed by atoms with Crippen LogP contribution < -0.4 is 5.32 Å². The van der Waals surface area contributed by atoms with Crippen LogP contribution in [0.3, 0.4) is 0 Å². The van der Waals surface area contributed by atoms with Crippen LogP contribution in [0.5, 0.6) is 0 Å². The number of rotatable bonds is 9. The Balaban J connectivity index is 1.65. The lowest BCUT2D eigenvalue weighted by Crippen LogP contribution is -2.24. The lowest BCUT2D eigenvalue weighted by Gasteiger charge is -2.09. The fourth-order valence-corrected chi connectivity index (χ4v) is 3.08. The zero-order valence-electron chi connectivity index (χ0n) is 14.4. The van der Waals surface area contributed by atoms with Crippen LogP contribution in [0.1, 0.15) is 16.7 Å². The van der Waals surface area contributed by atoms with Gasteiger partial charge < -0.3 is 10.1 Å². The second-order valence-electron chi connectivity index (χ2n) is 5.82. The first-order chi connectivity index (χ1) is 12.8. The smallest absolute Gasteiger partial charge is 0.367 e. The maximum atomic E-state index is 12.0. The molecule has 2 rings (SSSR count). The van der Waals surface area contributed by atoms with Gasteiger partial charge in [0.05, 0.1) is 12.4 Å². The fraction of sp³-hybridized carbons (Fsp3) is 0.316. The molecule has 0 spiro atoms. The second kappa shape index (κ2) is 10.6. The van der Waals surface area contributed by atoms with Gasteiger partial charge in [-0.25, -0.2) is 0 Å². The minimum Gasteiger partial charge on any atom is -0.367 e. The van der Waals surface area contributed by atoms with Crippen LogP contribution in [0, 0.1) is 0 Å². The summed E-state index contributed by atoms with van der Waals surface area (Å²) in [6, 6.07) is 14.4. The first kappa shape index (κ1) is 21.6. The molecular formula is C19H19ClF3NO2S. The predicted molar refractivity (Wildman–Crippen MR) is 102 cm³/mol. The van der Waals surface area contributed by atoms with E-state index in [0.717, 1.165) is 16.9 Å². The van der Waals surface area contributed by atoms with Crippen LogP contribution in [0.2, 0.25) is 5.02 Å². The molecule has 2 aromatic carbocycles. The molecule has 0 atom stereocenters. The maximum absolute atomic E-state index is 12.0. The van der Waals surface area contributed by atoms with Crippen molar-refractivity contribution in [3.05, 3.63) is 70.2 Å². The van der Waals surface area contributed by atoms with E-state index in [0.29, 0.717) is 22.9 Å². The number of amides is 1. The summed E-state index contributed by atoms with van der Waals surface area (Å²) in [5, 5.41) is 3.50. The van der Waals surface area contributed by atoms with Gasteiger partial charge in [0.1, 0.15) is 6.61 Å². The molecule has 0 heterocycles. The molecule has 0 unspecified atom stereocenters. The van der Waals surface area contributed by atoms with E-state index >= 15 is 0 Å². The molecule has 0 aliphatic rings. The van der Waals surface area contributed by atoms with Gasteiger partial charge >= 0.3 is 6.18 Å². The van der Waals surface area contributed by atoms with Crippen LogP contribution in [-0.2, 0) is 28.4 Å². The van der Waals surface area contributed by atoms with Gasteiger partial charge in [-0.15, -0.1) is 11.8 Å². The fourth-order valence-electron chi connectivity index (χ4n) is 2.13. The molecule has 2 aromatic rings. The van der Waals surface area contributed by atoms with Crippen LogP contribution in [0.15, 0.2) is 48.5 Å². The van der Waals surface area contributed by atoms with Crippen molar-refractivity contribution in [2.75, 3.05) is 12.4 Å². The van der Waals surface area contributed by atoms with Gasteiger partial charge in [-0.2, -0.15) is 13.2 Å². The molecule has 0 aliphatic carbocycles. The summed E-state index contributed by atoms with van der Waals surface area (Å²) < 4.78 is 40.7. The largest absolute Gasteiger partial charge is 0.411 e. The first-order valence-corrected chi connectivity index (χ1v) is 9.66. The summed E-state index contributed by atoms with van der Waals surface area (Å²) in [5.74, 6) is 0.981. The van der Waals surface area contributed by atoms with Gasteiger partial charge in [0.25, 0.3) is 0 Å². The van der Waals surface area contributed by atoms with E-state index in [4.69, 9.17) is 11.6 Å². The van der Waals surface area contributed by atoms with E-state index in [1.807, 2.05) is 24.3 Å². The van der Waals surface area contributed by atoms with Crippen LogP contribution in [-0.4, -0.2) is 24.4 Å². The van der Waals surface area contributed by atoms with E-state index in [-0.39, 0.29) is 12.5 Å². The van der Waals surface area contributed by atoms with Crippen molar-refractivity contribution in [2.24, 2.45) is 0 Å². The first-order valence-electron chi connectivity index (χ1n) is 8.13. The number of nitrogens with one attached hydrogen (secondary N) is 1. The normalized spacial score (nSPS) is 11.4. The Morgan fingerprint density at radius 3 is 2.22 bits per heavy atom. The van der Waals surface area contributed by atoms with Crippen molar-refractivity contribution in [1.82, 2.24) is 5.32 Å². The highest BCUT2D eigenvalue weighted by Gasteiger charge is 2.27. The van der Waals surface area contributed by atoms with Gasteiger partial charge in [0, 0.05) is 17.3 Å². The molecule has 1 amide bonds. The van der Waals surface area contributed by atoms with E-state index < -0.39 is 12.8 Å². The SMILES string of the molecule is O=C(CSCc1ccc(Cl)cc1)NCc1ccc(COCC(F)(F)F)cc1. The molecule has 146 valence electrons. The Bertz CT molecular complexity index is 721. The topological polar surface area (TPSA) is 38.3 Å². The predicted octanol–water partition coefficient (Wildman–Crippen LogP) is 4.97. The highest BCUT2D eigenvalue weighted by atomic mass is 35.5. The molecule has 0 bridgehead atoms. The average molecular weight is 418 g/mol. The molecular weight excluding hydrogens is 399 g/mol. The summed E-state index contributed by atoms with van der Waals surface area (Å²) >= 11 is 7.33. The summed E-state index contributed by atoms with van der Waals surface area (Å²) in [6.45, 7) is -1.00. The van der Waals surface area contributed by atoms with Gasteiger partial charge in [0.2, 0.25) is 5.91 Å². The second-order valence-corrected chi connectivity index (χ2v) is 7.24. The Kier molecular flexibility index (Phi) is 8.47. The number of carbonyl (C=O) groups is 1. The van der Waals surface area contributed by atoms with Crippen LogP contribution in [0.25, 0.3) is 0 Å². The zero-order chi connectivity index (χ0) is 19.7.